The van der Waals surface area contributed by atoms with Crippen molar-refractivity contribution in [2.45, 2.75) is 6.92 Å². The smallest absolute Gasteiger partial charge is 0.234 e. The van der Waals surface area contributed by atoms with Gasteiger partial charge in [-0.05, 0) is 13.6 Å². The summed E-state index contributed by atoms with van der Waals surface area (Å²) >= 11 is 0. The zero-order valence-electron chi connectivity index (χ0n) is 6.89. The molecular weight excluding hydrogens is 144 g/mol. The highest BCUT2D eigenvalue weighted by Gasteiger charge is 2.02. The molecule has 0 aliphatic heterocycles. The maximum absolute atomic E-state index is 10.8. The Hall–Kier alpha value is -0.900. The molecule has 1 amide bonds. The van der Waals surface area contributed by atoms with Crippen molar-refractivity contribution in [3.8, 4) is 0 Å². The van der Waals surface area contributed by atoms with E-state index in [-0.39, 0.29) is 12.5 Å². The molecule has 0 saturated carbocycles. The van der Waals surface area contributed by atoms with Crippen molar-refractivity contribution < 1.29 is 9.59 Å². The molecule has 1 radical (unpaired) electrons. The predicted octanol–water partition coefficient (Wildman–Crippen LogP) is -0.836. The van der Waals surface area contributed by atoms with Gasteiger partial charge in [0.05, 0.1) is 13.1 Å². The minimum Gasteiger partial charge on any atom is -0.347 e. The van der Waals surface area contributed by atoms with Crippen LogP contribution in [0.3, 0.4) is 0 Å². The average molecular weight is 157 g/mol. The first-order chi connectivity index (χ1) is 5.20. The Bertz CT molecular complexity index is 136. The topological polar surface area (TPSA) is 49.4 Å². The van der Waals surface area contributed by atoms with E-state index in [0.29, 0.717) is 6.54 Å². The highest BCUT2D eigenvalue weighted by molar-refractivity contribution is 5.80. The molecule has 0 heterocycles. The molecule has 0 saturated heterocycles. The molecule has 4 nitrogen and oxygen atoms in total. The van der Waals surface area contributed by atoms with Crippen LogP contribution in [0.2, 0.25) is 0 Å². The lowest BCUT2D eigenvalue weighted by Gasteiger charge is -2.11. The van der Waals surface area contributed by atoms with E-state index in [1.165, 1.54) is 0 Å². The molecule has 0 aliphatic carbocycles. The standard InChI is InChI=1S/C7H13N2O2/c1-3-9(2)6-7(11)8-4-5-10/h3-4,6H2,1-2H3,(H,8,11). The molecule has 0 aromatic heterocycles. The largest absolute Gasteiger partial charge is 0.347 e. The molecular formula is C7H13N2O2. The zero-order valence-corrected chi connectivity index (χ0v) is 6.89. The number of nitrogens with one attached hydrogen (secondary N) is 1. The third-order valence-corrected chi connectivity index (χ3v) is 1.31. The molecule has 0 aromatic rings. The van der Waals surface area contributed by atoms with Crippen molar-refractivity contribution in [2.24, 2.45) is 0 Å². The molecule has 0 bridgehead atoms. The first-order valence-corrected chi connectivity index (χ1v) is 3.51. The predicted molar refractivity (Wildman–Crippen MR) is 41.9 cm³/mol. The Morgan fingerprint density at radius 2 is 2.27 bits per heavy atom. The first kappa shape index (κ1) is 10.1. The van der Waals surface area contributed by atoms with Crippen LogP contribution in [0.25, 0.3) is 0 Å². The fraction of sp³-hybridized carbons (Fsp3) is 0.714. The maximum Gasteiger partial charge on any atom is 0.234 e. The summed E-state index contributed by atoms with van der Waals surface area (Å²) in [4.78, 5) is 22.4. The molecule has 11 heavy (non-hydrogen) atoms. The van der Waals surface area contributed by atoms with Gasteiger partial charge in [-0.25, -0.2) is 0 Å². The normalized spacial score (nSPS) is 9.73. The summed E-state index contributed by atoms with van der Waals surface area (Å²) in [6.07, 6.45) is 1.59. The van der Waals surface area contributed by atoms with Gasteiger partial charge in [-0.15, -0.1) is 0 Å². The Balaban J connectivity index is 3.43. The number of amides is 1. The van der Waals surface area contributed by atoms with Crippen molar-refractivity contribution in [1.82, 2.24) is 10.2 Å². The summed E-state index contributed by atoms with van der Waals surface area (Å²) in [5, 5.41) is 2.39. The van der Waals surface area contributed by atoms with Gasteiger partial charge in [0.15, 0.2) is 0 Å². The highest BCUT2D eigenvalue weighted by atomic mass is 16.2. The van der Waals surface area contributed by atoms with Crippen molar-refractivity contribution in [2.75, 3.05) is 26.7 Å². The number of likely N-dealkylation sites (N-methyl/N-ethyl adjacent to an activating group) is 1. The number of hydrogen-bond acceptors (Lipinski definition) is 3. The molecule has 4 heteroatoms. The lowest BCUT2D eigenvalue weighted by Crippen LogP contribution is -2.35. The van der Waals surface area contributed by atoms with Crippen molar-refractivity contribution in [3.05, 3.63) is 0 Å². The zero-order chi connectivity index (χ0) is 8.69. The van der Waals surface area contributed by atoms with Crippen molar-refractivity contribution >= 4 is 12.2 Å². The number of hydrogen-bond donors (Lipinski definition) is 1. The van der Waals surface area contributed by atoms with Gasteiger partial charge in [-0.1, -0.05) is 6.92 Å². The monoisotopic (exact) mass is 157 g/mol. The van der Waals surface area contributed by atoms with Crippen LogP contribution in [0, 0.1) is 0 Å². The molecule has 63 valence electrons. The number of rotatable bonds is 5. The quantitative estimate of drug-likeness (QED) is 0.566. The molecule has 0 unspecified atom stereocenters. The first-order valence-electron chi connectivity index (χ1n) is 3.51. The number of carbonyl (C=O) groups is 1. The minimum atomic E-state index is -0.141. The Morgan fingerprint density at radius 3 is 2.73 bits per heavy atom. The van der Waals surface area contributed by atoms with Gasteiger partial charge in [0.2, 0.25) is 12.2 Å². The van der Waals surface area contributed by atoms with Gasteiger partial charge in [0.25, 0.3) is 0 Å². The van der Waals surface area contributed by atoms with Crippen LogP contribution >= 0.6 is 0 Å². The minimum absolute atomic E-state index is 0.0175. The lowest BCUT2D eigenvalue weighted by molar-refractivity contribution is -0.121. The molecule has 0 aromatic carbocycles. The lowest BCUT2D eigenvalue weighted by atomic mass is 10.5. The van der Waals surface area contributed by atoms with Crippen LogP contribution in [0.4, 0.5) is 0 Å². The van der Waals surface area contributed by atoms with Crippen molar-refractivity contribution in [3.63, 3.8) is 0 Å². The van der Waals surface area contributed by atoms with Crippen LogP contribution < -0.4 is 5.32 Å². The molecule has 0 atom stereocenters. The van der Waals surface area contributed by atoms with E-state index in [9.17, 15) is 9.59 Å². The van der Waals surface area contributed by atoms with E-state index >= 15 is 0 Å². The van der Waals surface area contributed by atoms with Crippen LogP contribution in [0.15, 0.2) is 0 Å². The van der Waals surface area contributed by atoms with Gasteiger partial charge in [0.1, 0.15) is 0 Å². The summed E-state index contributed by atoms with van der Waals surface area (Å²) in [5.74, 6) is -0.141. The van der Waals surface area contributed by atoms with Gasteiger partial charge in [-0.2, -0.15) is 0 Å². The third kappa shape index (κ3) is 5.54. The van der Waals surface area contributed by atoms with Crippen LogP contribution in [0.1, 0.15) is 6.92 Å². The summed E-state index contributed by atoms with van der Waals surface area (Å²) in [7, 11) is 1.84. The van der Waals surface area contributed by atoms with E-state index in [4.69, 9.17) is 0 Å². The van der Waals surface area contributed by atoms with Crippen molar-refractivity contribution in [1.29, 1.82) is 0 Å². The van der Waals surface area contributed by atoms with Gasteiger partial charge >= 0.3 is 0 Å². The van der Waals surface area contributed by atoms with Gasteiger partial charge in [0, 0.05) is 0 Å². The average Bonchev–Trinajstić information content (AvgIpc) is 2.00. The Morgan fingerprint density at radius 1 is 1.64 bits per heavy atom. The molecule has 0 fully saturated rings. The number of nitrogens with zero attached hydrogens (tertiary/aromatic N) is 1. The van der Waals surface area contributed by atoms with Gasteiger partial charge in [-0.3, -0.25) is 14.5 Å². The molecule has 0 rings (SSSR count). The summed E-state index contributed by atoms with van der Waals surface area (Å²) < 4.78 is 0. The van der Waals surface area contributed by atoms with E-state index in [1.54, 1.807) is 6.29 Å². The Kier molecular flexibility index (Phi) is 5.37. The van der Waals surface area contributed by atoms with E-state index in [1.807, 2.05) is 18.9 Å². The SMILES string of the molecule is CCN(C)CC(=O)NC[C]=O. The molecule has 0 aliphatic rings. The molecule has 1 N–H and O–H groups in total. The second-order valence-corrected chi connectivity index (χ2v) is 2.25. The maximum atomic E-state index is 10.8. The second kappa shape index (κ2) is 5.85. The summed E-state index contributed by atoms with van der Waals surface area (Å²) in [6.45, 7) is 3.09. The Labute approximate surface area is 66.6 Å². The second-order valence-electron chi connectivity index (χ2n) is 2.25. The van der Waals surface area contributed by atoms with Gasteiger partial charge < -0.3 is 5.32 Å². The number of carbonyl (C=O) groups excluding carboxylic acids is 2. The van der Waals surface area contributed by atoms with Crippen LogP contribution in [-0.2, 0) is 9.59 Å². The third-order valence-electron chi connectivity index (χ3n) is 1.31. The van der Waals surface area contributed by atoms with E-state index in [0.717, 1.165) is 6.54 Å². The van der Waals surface area contributed by atoms with E-state index in [2.05, 4.69) is 5.32 Å². The highest BCUT2D eigenvalue weighted by Crippen LogP contribution is 1.78. The summed E-state index contributed by atoms with van der Waals surface area (Å²) in [6, 6.07) is 0. The molecule has 0 spiro atoms. The van der Waals surface area contributed by atoms with Crippen LogP contribution in [-0.4, -0.2) is 43.8 Å². The van der Waals surface area contributed by atoms with Crippen LogP contribution in [0.5, 0.6) is 0 Å². The fourth-order valence-corrected chi connectivity index (χ4v) is 0.548. The summed E-state index contributed by atoms with van der Waals surface area (Å²) in [5.41, 5.74) is 0. The fourth-order valence-electron chi connectivity index (χ4n) is 0.548. The van der Waals surface area contributed by atoms with E-state index < -0.39 is 0 Å².